The molecule has 0 atom stereocenters. The number of halogens is 1. The van der Waals surface area contributed by atoms with Crippen molar-refractivity contribution < 1.29 is 19.4 Å². The van der Waals surface area contributed by atoms with E-state index in [-0.39, 0.29) is 0 Å². The molecule has 1 aromatic rings. The van der Waals surface area contributed by atoms with Gasteiger partial charge in [0.05, 0.1) is 5.41 Å². The maximum Gasteiger partial charge on any atom is 0.314 e. The van der Waals surface area contributed by atoms with E-state index in [9.17, 15) is 9.90 Å². The Morgan fingerprint density at radius 2 is 1.52 bits per heavy atom. The van der Waals surface area contributed by atoms with Crippen molar-refractivity contribution in [1.82, 2.24) is 0 Å². The molecular weight excluding hydrogens is 316 g/mol. The zero-order chi connectivity index (χ0) is 16.1. The lowest BCUT2D eigenvalue weighted by molar-refractivity contribution is -0.145. The average Bonchev–Trinajstić information content (AvgIpc) is 3.13. The Labute approximate surface area is 140 Å². The first kappa shape index (κ1) is 15.1. The number of fused-ring (bicyclic) bond motifs is 1. The predicted molar refractivity (Wildman–Crippen MR) is 86.3 cm³/mol. The van der Waals surface area contributed by atoms with Crippen LogP contribution in [0.1, 0.15) is 63.4 Å². The van der Waals surface area contributed by atoms with E-state index in [2.05, 4.69) is 0 Å². The SMILES string of the molecule is O=C(O)C1(c2cc3c(cc2Cl)OC2(CCCC2)O3)CCCCC1. The van der Waals surface area contributed by atoms with Crippen molar-refractivity contribution in [2.75, 3.05) is 0 Å². The molecule has 2 fully saturated rings. The normalized spacial score (nSPS) is 24.0. The summed E-state index contributed by atoms with van der Waals surface area (Å²) in [5, 5.41) is 10.4. The fourth-order valence-electron chi connectivity index (χ4n) is 4.35. The lowest BCUT2D eigenvalue weighted by Crippen LogP contribution is -2.38. The molecule has 0 unspecified atom stereocenters. The Balaban J connectivity index is 1.75. The molecule has 1 heterocycles. The number of hydrogen-bond acceptors (Lipinski definition) is 3. The number of ether oxygens (including phenoxy) is 2. The molecule has 23 heavy (non-hydrogen) atoms. The quantitative estimate of drug-likeness (QED) is 0.852. The first-order chi connectivity index (χ1) is 11.0. The molecular formula is C18H21ClO4. The Hall–Kier alpha value is -1.42. The Morgan fingerprint density at radius 1 is 0.957 bits per heavy atom. The molecule has 1 aliphatic heterocycles. The van der Waals surface area contributed by atoms with E-state index in [1.165, 1.54) is 0 Å². The summed E-state index contributed by atoms with van der Waals surface area (Å²) in [5.41, 5.74) is -0.206. The van der Waals surface area contributed by atoms with Gasteiger partial charge < -0.3 is 14.6 Å². The molecule has 0 bridgehead atoms. The molecule has 0 saturated heterocycles. The molecule has 2 saturated carbocycles. The summed E-state index contributed by atoms with van der Waals surface area (Å²) in [7, 11) is 0. The van der Waals surface area contributed by atoms with Crippen LogP contribution in [0.3, 0.4) is 0 Å². The second-order valence-corrected chi connectivity index (χ2v) is 7.46. The second-order valence-electron chi connectivity index (χ2n) is 7.05. The predicted octanol–water partition coefficient (Wildman–Crippen LogP) is 4.67. The van der Waals surface area contributed by atoms with Gasteiger partial charge in [-0.25, -0.2) is 0 Å². The van der Waals surface area contributed by atoms with E-state index in [1.807, 2.05) is 6.07 Å². The highest BCUT2D eigenvalue weighted by atomic mass is 35.5. The van der Waals surface area contributed by atoms with Gasteiger partial charge in [0.2, 0.25) is 0 Å². The van der Waals surface area contributed by atoms with E-state index >= 15 is 0 Å². The lowest BCUT2D eigenvalue weighted by Gasteiger charge is -2.34. The van der Waals surface area contributed by atoms with Crippen LogP contribution in [0.5, 0.6) is 11.5 Å². The molecule has 124 valence electrons. The third-order valence-electron chi connectivity index (χ3n) is 5.62. The van der Waals surface area contributed by atoms with Gasteiger partial charge in [-0.05, 0) is 37.3 Å². The number of carbonyl (C=O) groups is 1. The number of aliphatic carboxylic acids is 1. The number of benzene rings is 1. The summed E-state index contributed by atoms with van der Waals surface area (Å²) in [5.74, 6) is -0.0317. The van der Waals surface area contributed by atoms with E-state index in [4.69, 9.17) is 21.1 Å². The van der Waals surface area contributed by atoms with Gasteiger partial charge in [-0.3, -0.25) is 4.79 Å². The van der Waals surface area contributed by atoms with Gasteiger partial charge in [0.15, 0.2) is 11.5 Å². The van der Waals surface area contributed by atoms with Crippen molar-refractivity contribution in [3.63, 3.8) is 0 Å². The van der Waals surface area contributed by atoms with Crippen molar-refractivity contribution in [1.29, 1.82) is 0 Å². The van der Waals surface area contributed by atoms with Gasteiger partial charge in [-0.2, -0.15) is 0 Å². The fraction of sp³-hybridized carbons (Fsp3) is 0.611. The molecule has 0 aromatic heterocycles. The summed E-state index contributed by atoms with van der Waals surface area (Å²) < 4.78 is 12.1. The van der Waals surface area contributed by atoms with Crippen molar-refractivity contribution in [2.24, 2.45) is 0 Å². The topological polar surface area (TPSA) is 55.8 Å². The summed E-state index contributed by atoms with van der Waals surface area (Å²) in [6.45, 7) is 0. The standard InChI is InChI=1S/C18H21ClO4/c19-13-11-15-14(22-18(23-15)8-4-5-9-18)10-12(13)17(16(20)21)6-2-1-3-7-17/h10-11H,1-9H2,(H,20,21). The van der Waals surface area contributed by atoms with Gasteiger partial charge in [0.1, 0.15) is 0 Å². The minimum Gasteiger partial charge on any atom is -0.481 e. The number of rotatable bonds is 2. The second kappa shape index (κ2) is 5.30. The van der Waals surface area contributed by atoms with Crippen LogP contribution in [-0.2, 0) is 10.2 Å². The van der Waals surface area contributed by atoms with Gasteiger partial charge in [0.25, 0.3) is 5.79 Å². The smallest absolute Gasteiger partial charge is 0.314 e. The fourth-order valence-corrected chi connectivity index (χ4v) is 4.69. The minimum absolute atomic E-state index is 0.478. The van der Waals surface area contributed by atoms with Crippen LogP contribution in [-0.4, -0.2) is 16.9 Å². The highest BCUT2D eigenvalue weighted by Gasteiger charge is 2.47. The monoisotopic (exact) mass is 336 g/mol. The van der Waals surface area contributed by atoms with Crippen molar-refractivity contribution >= 4 is 17.6 Å². The first-order valence-corrected chi connectivity index (χ1v) is 8.88. The lowest BCUT2D eigenvalue weighted by atomic mass is 9.69. The molecule has 1 N–H and O–H groups in total. The van der Waals surface area contributed by atoms with Gasteiger partial charge >= 0.3 is 5.97 Å². The van der Waals surface area contributed by atoms with Crippen LogP contribution >= 0.6 is 11.6 Å². The highest BCUT2D eigenvalue weighted by molar-refractivity contribution is 6.32. The molecule has 0 amide bonds. The maximum absolute atomic E-state index is 12.0. The van der Waals surface area contributed by atoms with Crippen LogP contribution in [0.2, 0.25) is 5.02 Å². The van der Waals surface area contributed by atoms with Crippen LogP contribution in [0.4, 0.5) is 0 Å². The molecule has 0 radical (unpaired) electrons. The minimum atomic E-state index is -0.890. The first-order valence-electron chi connectivity index (χ1n) is 8.50. The van der Waals surface area contributed by atoms with E-state index < -0.39 is 17.2 Å². The zero-order valence-corrected chi connectivity index (χ0v) is 13.8. The van der Waals surface area contributed by atoms with Gasteiger partial charge in [0, 0.05) is 23.9 Å². The van der Waals surface area contributed by atoms with Crippen LogP contribution < -0.4 is 9.47 Å². The molecule has 2 aliphatic carbocycles. The summed E-state index contributed by atoms with van der Waals surface area (Å²) in [6.07, 6.45) is 8.11. The Kier molecular flexibility index (Phi) is 3.49. The summed E-state index contributed by atoms with van der Waals surface area (Å²) in [4.78, 5) is 12.0. The van der Waals surface area contributed by atoms with Crippen LogP contribution in [0.25, 0.3) is 0 Å². The number of carboxylic acid groups (broad SMARTS) is 1. The summed E-state index contributed by atoms with van der Waals surface area (Å²) in [6, 6.07) is 3.57. The molecule has 4 nitrogen and oxygen atoms in total. The highest BCUT2D eigenvalue weighted by Crippen LogP contribution is 2.51. The number of carboxylic acids is 1. The third-order valence-corrected chi connectivity index (χ3v) is 5.94. The zero-order valence-electron chi connectivity index (χ0n) is 13.1. The molecule has 3 aliphatic rings. The molecule has 1 spiro atoms. The molecule has 5 heteroatoms. The van der Waals surface area contributed by atoms with Crippen molar-refractivity contribution in [3.05, 3.63) is 22.7 Å². The van der Waals surface area contributed by atoms with Crippen LogP contribution in [0, 0.1) is 0 Å². The van der Waals surface area contributed by atoms with E-state index in [0.717, 1.165) is 44.9 Å². The average molecular weight is 337 g/mol. The number of hydrogen-bond donors (Lipinski definition) is 1. The van der Waals surface area contributed by atoms with Crippen molar-refractivity contribution in [3.8, 4) is 11.5 Å². The van der Waals surface area contributed by atoms with Crippen LogP contribution in [0.15, 0.2) is 12.1 Å². The summed E-state index contributed by atoms with van der Waals surface area (Å²) >= 11 is 6.47. The third kappa shape index (κ3) is 2.30. The van der Waals surface area contributed by atoms with Crippen molar-refractivity contribution in [2.45, 2.75) is 69.0 Å². The van der Waals surface area contributed by atoms with Gasteiger partial charge in [-0.1, -0.05) is 30.9 Å². The van der Waals surface area contributed by atoms with E-state index in [1.54, 1.807) is 6.07 Å². The van der Waals surface area contributed by atoms with E-state index in [0.29, 0.717) is 34.9 Å². The largest absolute Gasteiger partial charge is 0.481 e. The maximum atomic E-state index is 12.0. The van der Waals surface area contributed by atoms with Gasteiger partial charge in [-0.15, -0.1) is 0 Å². The Bertz CT molecular complexity index is 643. The molecule has 4 rings (SSSR count). The molecule has 1 aromatic carbocycles. The Morgan fingerprint density at radius 3 is 2.13 bits per heavy atom.